The molecule has 4 saturated carbocycles. The lowest BCUT2D eigenvalue weighted by Gasteiger charge is -2.56. The Morgan fingerprint density at radius 3 is 2.26 bits per heavy atom. The molecule has 1 unspecified atom stereocenters. The molecule has 4 aliphatic carbocycles. The summed E-state index contributed by atoms with van der Waals surface area (Å²) in [6.45, 7) is 0. The minimum absolute atomic E-state index is 0.0294. The van der Waals surface area contributed by atoms with Gasteiger partial charge in [0.2, 0.25) is 0 Å². The Morgan fingerprint density at radius 1 is 1.05 bits per heavy atom. The fraction of sp³-hybridized carbons (Fsp3) is 0.688. The lowest BCUT2D eigenvalue weighted by Crippen LogP contribution is -2.48. The Hall–Kier alpha value is -0.960. The summed E-state index contributed by atoms with van der Waals surface area (Å²) in [6.07, 6.45) is 9.88. The Balaban J connectivity index is 1.62. The van der Waals surface area contributed by atoms with Crippen LogP contribution in [0.5, 0.6) is 0 Å². The summed E-state index contributed by atoms with van der Waals surface area (Å²) in [4.78, 5) is 3.96. The number of hydrogen-bond donors (Lipinski definition) is 1. The number of rotatable bonds is 2. The van der Waals surface area contributed by atoms with Crippen molar-refractivity contribution in [2.45, 2.75) is 38.1 Å². The van der Waals surface area contributed by atoms with Crippen molar-refractivity contribution in [1.82, 2.24) is 4.98 Å². The first-order chi connectivity index (χ1) is 9.20. The Kier molecular flexibility index (Phi) is 2.66. The van der Waals surface area contributed by atoms with Crippen molar-refractivity contribution in [3.05, 3.63) is 29.8 Å². The van der Waals surface area contributed by atoms with Crippen molar-refractivity contribution < 1.29 is 4.39 Å². The SMILES string of the molecule is NC(c1cncc(F)c1)C1C2CC3CC(C2)CC1C3. The molecule has 1 aromatic rings. The predicted octanol–water partition coefficient (Wildman–Crippen LogP) is 3.29. The van der Waals surface area contributed by atoms with E-state index >= 15 is 0 Å². The van der Waals surface area contributed by atoms with Gasteiger partial charge in [0.05, 0.1) is 6.20 Å². The van der Waals surface area contributed by atoms with Crippen LogP contribution in [0.25, 0.3) is 0 Å². The van der Waals surface area contributed by atoms with Gasteiger partial charge >= 0.3 is 0 Å². The third-order valence-corrected chi connectivity index (χ3v) is 5.83. The lowest BCUT2D eigenvalue weighted by molar-refractivity contribution is -0.0472. The standard InChI is InChI=1S/C16H21FN2/c17-14-6-13(7-19-8-14)16(18)15-11-2-9-1-10(4-11)5-12(15)3-9/h6-12,15-16H,1-5,18H2. The van der Waals surface area contributed by atoms with Gasteiger partial charge in [-0.3, -0.25) is 4.98 Å². The molecule has 2 N–H and O–H groups in total. The molecular formula is C16H21FN2. The van der Waals surface area contributed by atoms with E-state index in [0.29, 0.717) is 5.92 Å². The molecule has 19 heavy (non-hydrogen) atoms. The van der Waals surface area contributed by atoms with Crippen LogP contribution in [0.2, 0.25) is 0 Å². The van der Waals surface area contributed by atoms with Crippen LogP contribution >= 0.6 is 0 Å². The highest BCUT2D eigenvalue weighted by molar-refractivity contribution is 5.18. The van der Waals surface area contributed by atoms with E-state index in [-0.39, 0.29) is 11.9 Å². The highest BCUT2D eigenvalue weighted by Crippen LogP contribution is 2.58. The summed E-state index contributed by atoms with van der Waals surface area (Å²) in [7, 11) is 0. The Labute approximate surface area is 113 Å². The second kappa shape index (κ2) is 4.27. The maximum atomic E-state index is 13.3. The smallest absolute Gasteiger partial charge is 0.141 e. The minimum Gasteiger partial charge on any atom is -0.324 e. The van der Waals surface area contributed by atoms with Crippen LogP contribution in [-0.2, 0) is 0 Å². The fourth-order valence-corrected chi connectivity index (χ4v) is 5.39. The van der Waals surface area contributed by atoms with E-state index in [2.05, 4.69) is 4.98 Å². The molecular weight excluding hydrogens is 239 g/mol. The van der Waals surface area contributed by atoms with Crippen LogP contribution in [0.3, 0.4) is 0 Å². The van der Waals surface area contributed by atoms with Crippen LogP contribution in [0.15, 0.2) is 18.5 Å². The molecule has 0 radical (unpaired) electrons. The first-order valence-electron chi connectivity index (χ1n) is 7.56. The van der Waals surface area contributed by atoms with E-state index < -0.39 is 0 Å². The first kappa shape index (κ1) is 11.8. The molecule has 1 aromatic heterocycles. The summed E-state index contributed by atoms with van der Waals surface area (Å²) in [5.41, 5.74) is 7.37. The summed E-state index contributed by atoms with van der Waals surface area (Å²) < 4.78 is 13.3. The zero-order valence-electron chi connectivity index (χ0n) is 11.1. The van der Waals surface area contributed by atoms with Gasteiger partial charge in [0.1, 0.15) is 5.82 Å². The lowest BCUT2D eigenvalue weighted by atomic mass is 9.50. The molecule has 1 heterocycles. The molecule has 0 spiro atoms. The summed E-state index contributed by atoms with van der Waals surface area (Å²) in [6, 6.07) is 1.54. The van der Waals surface area contributed by atoms with Crippen molar-refractivity contribution >= 4 is 0 Å². The van der Waals surface area contributed by atoms with Crippen molar-refractivity contribution in [2.75, 3.05) is 0 Å². The molecule has 0 amide bonds. The molecule has 5 rings (SSSR count). The number of pyridine rings is 1. The number of nitrogens with two attached hydrogens (primary N) is 1. The quantitative estimate of drug-likeness (QED) is 0.886. The van der Waals surface area contributed by atoms with Gasteiger partial charge in [0.15, 0.2) is 0 Å². The van der Waals surface area contributed by atoms with Crippen molar-refractivity contribution in [3.8, 4) is 0 Å². The average Bonchev–Trinajstić information content (AvgIpc) is 2.37. The van der Waals surface area contributed by atoms with Crippen molar-refractivity contribution in [2.24, 2.45) is 35.3 Å². The molecule has 4 fully saturated rings. The van der Waals surface area contributed by atoms with E-state index in [4.69, 9.17) is 5.73 Å². The topological polar surface area (TPSA) is 38.9 Å². The van der Waals surface area contributed by atoms with Gasteiger partial charge in [-0.2, -0.15) is 0 Å². The number of hydrogen-bond acceptors (Lipinski definition) is 2. The molecule has 4 aliphatic rings. The summed E-state index contributed by atoms with van der Waals surface area (Å²) in [5.74, 6) is 3.74. The van der Waals surface area contributed by atoms with Crippen LogP contribution in [0.4, 0.5) is 4.39 Å². The first-order valence-corrected chi connectivity index (χ1v) is 7.56. The van der Waals surface area contributed by atoms with E-state index in [1.807, 2.05) is 0 Å². The summed E-state index contributed by atoms with van der Waals surface area (Å²) >= 11 is 0. The molecule has 0 aliphatic heterocycles. The van der Waals surface area contributed by atoms with E-state index in [1.54, 1.807) is 12.3 Å². The van der Waals surface area contributed by atoms with Crippen molar-refractivity contribution in [3.63, 3.8) is 0 Å². The molecule has 2 nitrogen and oxygen atoms in total. The van der Waals surface area contributed by atoms with Gasteiger partial charge in [-0.05, 0) is 73.3 Å². The highest BCUT2D eigenvalue weighted by atomic mass is 19.1. The van der Waals surface area contributed by atoms with E-state index in [0.717, 1.165) is 29.2 Å². The van der Waals surface area contributed by atoms with Crippen LogP contribution in [0, 0.1) is 35.4 Å². The number of halogens is 1. The second-order valence-corrected chi connectivity index (χ2v) is 6.97. The zero-order chi connectivity index (χ0) is 13.0. The van der Waals surface area contributed by atoms with Crippen LogP contribution < -0.4 is 5.73 Å². The van der Waals surface area contributed by atoms with Crippen LogP contribution in [0.1, 0.15) is 43.7 Å². The fourth-order valence-electron chi connectivity index (χ4n) is 5.39. The van der Waals surface area contributed by atoms with Gasteiger partial charge in [0, 0.05) is 12.2 Å². The molecule has 3 heteroatoms. The van der Waals surface area contributed by atoms with Gasteiger partial charge in [-0.1, -0.05) is 0 Å². The molecule has 0 saturated heterocycles. The van der Waals surface area contributed by atoms with Crippen LogP contribution in [-0.4, -0.2) is 4.98 Å². The highest BCUT2D eigenvalue weighted by Gasteiger charge is 2.50. The largest absolute Gasteiger partial charge is 0.324 e. The second-order valence-electron chi connectivity index (χ2n) is 6.97. The molecule has 4 bridgehead atoms. The summed E-state index contributed by atoms with van der Waals surface area (Å²) in [5, 5.41) is 0. The van der Waals surface area contributed by atoms with Gasteiger partial charge in [-0.15, -0.1) is 0 Å². The molecule has 1 atom stereocenters. The maximum Gasteiger partial charge on any atom is 0.141 e. The van der Waals surface area contributed by atoms with Gasteiger partial charge in [-0.25, -0.2) is 4.39 Å². The minimum atomic E-state index is -0.267. The maximum absolute atomic E-state index is 13.3. The monoisotopic (exact) mass is 260 g/mol. The Bertz CT molecular complexity index is 459. The third-order valence-electron chi connectivity index (χ3n) is 5.83. The van der Waals surface area contributed by atoms with Crippen molar-refractivity contribution in [1.29, 1.82) is 0 Å². The van der Waals surface area contributed by atoms with Gasteiger partial charge in [0.25, 0.3) is 0 Å². The average molecular weight is 260 g/mol. The van der Waals surface area contributed by atoms with Gasteiger partial charge < -0.3 is 5.73 Å². The van der Waals surface area contributed by atoms with E-state index in [1.165, 1.54) is 38.3 Å². The number of nitrogens with zero attached hydrogens (tertiary/aromatic N) is 1. The molecule has 102 valence electrons. The predicted molar refractivity (Wildman–Crippen MR) is 71.7 cm³/mol. The van der Waals surface area contributed by atoms with E-state index in [9.17, 15) is 4.39 Å². The zero-order valence-corrected chi connectivity index (χ0v) is 11.1. The third kappa shape index (κ3) is 1.90. The number of aromatic nitrogens is 1. The molecule has 0 aromatic carbocycles. The normalized spacial score (nSPS) is 41.5. The Morgan fingerprint density at radius 2 is 1.68 bits per heavy atom.